The molecule has 2 nitrogen and oxygen atoms in total. The van der Waals surface area contributed by atoms with Crippen molar-refractivity contribution in [2.24, 2.45) is 5.41 Å². The van der Waals surface area contributed by atoms with Crippen LogP contribution in [0.15, 0.2) is 0 Å². The minimum atomic E-state index is 0.488. The van der Waals surface area contributed by atoms with Crippen molar-refractivity contribution >= 4 is 0 Å². The number of hydrogen-bond acceptors (Lipinski definition) is 2. The number of rotatable bonds is 9. The molecule has 0 bridgehead atoms. The Morgan fingerprint density at radius 1 is 1.16 bits per heavy atom. The molecule has 1 aliphatic rings. The Bertz CT molecular complexity index is 225. The van der Waals surface area contributed by atoms with Gasteiger partial charge in [0.15, 0.2) is 0 Å². The van der Waals surface area contributed by atoms with Crippen molar-refractivity contribution in [1.29, 1.82) is 0 Å². The Labute approximate surface area is 121 Å². The highest BCUT2D eigenvalue weighted by atomic mass is 15.2. The molecule has 1 rings (SSSR count). The van der Waals surface area contributed by atoms with Crippen LogP contribution in [0.1, 0.15) is 72.6 Å². The summed E-state index contributed by atoms with van der Waals surface area (Å²) in [7, 11) is 0. The molecule has 0 amide bonds. The SMILES string of the molecule is CCCCCC(C)(C)CN1CCCC(NCCC)C1. The smallest absolute Gasteiger partial charge is 0.0195 e. The van der Waals surface area contributed by atoms with E-state index in [0.29, 0.717) is 5.41 Å². The first-order valence-corrected chi connectivity index (χ1v) is 8.53. The summed E-state index contributed by atoms with van der Waals surface area (Å²) in [4.78, 5) is 2.70. The van der Waals surface area contributed by atoms with E-state index >= 15 is 0 Å². The van der Waals surface area contributed by atoms with Crippen molar-refractivity contribution < 1.29 is 0 Å². The van der Waals surface area contributed by atoms with Gasteiger partial charge < -0.3 is 10.2 Å². The normalized spacial score (nSPS) is 21.8. The van der Waals surface area contributed by atoms with E-state index in [0.717, 1.165) is 6.04 Å². The van der Waals surface area contributed by atoms with E-state index in [1.54, 1.807) is 0 Å². The molecule has 0 spiro atoms. The van der Waals surface area contributed by atoms with Gasteiger partial charge in [0, 0.05) is 19.1 Å². The van der Waals surface area contributed by atoms with Crippen molar-refractivity contribution in [2.45, 2.75) is 78.7 Å². The van der Waals surface area contributed by atoms with Crippen LogP contribution in [0.4, 0.5) is 0 Å². The summed E-state index contributed by atoms with van der Waals surface area (Å²) in [6.07, 6.45) is 9.49. The highest BCUT2D eigenvalue weighted by molar-refractivity contribution is 4.82. The number of likely N-dealkylation sites (tertiary alicyclic amines) is 1. The molecule has 0 saturated carbocycles. The van der Waals surface area contributed by atoms with Gasteiger partial charge in [0.2, 0.25) is 0 Å². The molecular weight excluding hydrogens is 232 g/mol. The minimum absolute atomic E-state index is 0.488. The molecule has 19 heavy (non-hydrogen) atoms. The molecule has 1 fully saturated rings. The average molecular weight is 268 g/mol. The number of nitrogens with one attached hydrogen (secondary N) is 1. The van der Waals surface area contributed by atoms with Crippen molar-refractivity contribution in [3.63, 3.8) is 0 Å². The number of unbranched alkanes of at least 4 members (excludes halogenated alkanes) is 2. The molecule has 0 aliphatic carbocycles. The van der Waals surface area contributed by atoms with Crippen LogP contribution in [0.2, 0.25) is 0 Å². The van der Waals surface area contributed by atoms with Crippen LogP contribution in [0.25, 0.3) is 0 Å². The number of nitrogens with zero attached hydrogens (tertiary/aromatic N) is 1. The van der Waals surface area contributed by atoms with E-state index < -0.39 is 0 Å². The Balaban J connectivity index is 2.29. The van der Waals surface area contributed by atoms with Gasteiger partial charge in [-0.1, -0.05) is 47.0 Å². The highest BCUT2D eigenvalue weighted by Crippen LogP contribution is 2.26. The largest absolute Gasteiger partial charge is 0.313 e. The van der Waals surface area contributed by atoms with Gasteiger partial charge in [0.1, 0.15) is 0 Å². The zero-order valence-electron chi connectivity index (χ0n) is 13.8. The molecule has 1 atom stereocenters. The van der Waals surface area contributed by atoms with Gasteiger partial charge in [-0.25, -0.2) is 0 Å². The number of piperidine rings is 1. The minimum Gasteiger partial charge on any atom is -0.313 e. The van der Waals surface area contributed by atoms with Crippen molar-refractivity contribution in [3.8, 4) is 0 Å². The monoisotopic (exact) mass is 268 g/mol. The quantitative estimate of drug-likeness (QED) is 0.635. The third-order valence-electron chi connectivity index (χ3n) is 4.30. The van der Waals surface area contributed by atoms with Crippen LogP contribution >= 0.6 is 0 Å². The van der Waals surface area contributed by atoms with Crippen LogP contribution in [0, 0.1) is 5.41 Å². The second kappa shape index (κ2) is 8.97. The summed E-state index contributed by atoms with van der Waals surface area (Å²) >= 11 is 0. The average Bonchev–Trinajstić information content (AvgIpc) is 2.36. The third-order valence-corrected chi connectivity index (χ3v) is 4.30. The molecule has 0 radical (unpaired) electrons. The summed E-state index contributed by atoms with van der Waals surface area (Å²) in [5, 5.41) is 3.70. The summed E-state index contributed by atoms with van der Waals surface area (Å²) in [6.45, 7) is 14.5. The van der Waals surface area contributed by atoms with Crippen molar-refractivity contribution in [1.82, 2.24) is 10.2 Å². The molecule has 1 unspecified atom stereocenters. The molecule has 2 heteroatoms. The predicted octanol–water partition coefficient (Wildman–Crippen LogP) is 4.06. The van der Waals surface area contributed by atoms with Gasteiger partial charge in [-0.2, -0.15) is 0 Å². The Morgan fingerprint density at radius 3 is 2.63 bits per heavy atom. The zero-order chi connectivity index (χ0) is 14.1. The maximum atomic E-state index is 3.70. The maximum Gasteiger partial charge on any atom is 0.0195 e. The highest BCUT2D eigenvalue weighted by Gasteiger charge is 2.25. The molecule has 0 aromatic heterocycles. The summed E-state index contributed by atoms with van der Waals surface area (Å²) < 4.78 is 0. The van der Waals surface area contributed by atoms with E-state index in [4.69, 9.17) is 0 Å². The lowest BCUT2D eigenvalue weighted by molar-refractivity contribution is 0.125. The van der Waals surface area contributed by atoms with Crippen LogP contribution < -0.4 is 5.32 Å². The Morgan fingerprint density at radius 2 is 1.95 bits per heavy atom. The van der Waals surface area contributed by atoms with E-state index in [1.807, 2.05) is 0 Å². The van der Waals surface area contributed by atoms with Gasteiger partial charge in [0.25, 0.3) is 0 Å². The summed E-state index contributed by atoms with van der Waals surface area (Å²) in [5.74, 6) is 0. The Hall–Kier alpha value is -0.0800. The van der Waals surface area contributed by atoms with E-state index in [-0.39, 0.29) is 0 Å². The third kappa shape index (κ3) is 7.31. The molecule has 1 saturated heterocycles. The zero-order valence-corrected chi connectivity index (χ0v) is 13.8. The van der Waals surface area contributed by atoms with E-state index in [1.165, 1.54) is 71.1 Å². The fraction of sp³-hybridized carbons (Fsp3) is 1.00. The lowest BCUT2D eigenvalue weighted by Crippen LogP contribution is -2.48. The van der Waals surface area contributed by atoms with Gasteiger partial charge in [0.05, 0.1) is 0 Å². The standard InChI is InChI=1S/C17H36N2/c1-5-7-8-11-17(3,4)15-19-13-9-10-16(14-19)18-12-6-2/h16,18H,5-15H2,1-4H3. The van der Waals surface area contributed by atoms with Gasteiger partial charge in [-0.15, -0.1) is 0 Å². The van der Waals surface area contributed by atoms with Crippen molar-refractivity contribution in [3.05, 3.63) is 0 Å². The van der Waals surface area contributed by atoms with Gasteiger partial charge >= 0.3 is 0 Å². The maximum absolute atomic E-state index is 3.70. The summed E-state index contributed by atoms with van der Waals surface area (Å²) in [6, 6.07) is 0.736. The fourth-order valence-corrected chi connectivity index (χ4v) is 3.25. The van der Waals surface area contributed by atoms with Crippen LogP contribution in [-0.2, 0) is 0 Å². The molecule has 1 N–H and O–H groups in total. The van der Waals surface area contributed by atoms with Gasteiger partial charge in [-0.3, -0.25) is 0 Å². The molecule has 0 aromatic rings. The topological polar surface area (TPSA) is 15.3 Å². The molecular formula is C17H36N2. The lowest BCUT2D eigenvalue weighted by atomic mass is 9.85. The van der Waals surface area contributed by atoms with Gasteiger partial charge in [-0.05, 0) is 44.2 Å². The first kappa shape index (κ1) is 17.0. The number of hydrogen-bond donors (Lipinski definition) is 1. The van der Waals surface area contributed by atoms with Crippen LogP contribution in [0.3, 0.4) is 0 Å². The molecule has 0 aromatic carbocycles. The Kier molecular flexibility index (Phi) is 8.01. The molecule has 1 heterocycles. The lowest BCUT2D eigenvalue weighted by Gasteiger charge is -2.38. The van der Waals surface area contributed by atoms with E-state index in [2.05, 4.69) is 37.9 Å². The predicted molar refractivity (Wildman–Crippen MR) is 85.7 cm³/mol. The van der Waals surface area contributed by atoms with Crippen LogP contribution in [-0.4, -0.2) is 37.1 Å². The van der Waals surface area contributed by atoms with Crippen molar-refractivity contribution in [2.75, 3.05) is 26.2 Å². The first-order valence-electron chi connectivity index (χ1n) is 8.53. The summed E-state index contributed by atoms with van der Waals surface area (Å²) in [5.41, 5.74) is 0.488. The second-order valence-electron chi connectivity index (χ2n) is 7.15. The molecule has 1 aliphatic heterocycles. The van der Waals surface area contributed by atoms with Crippen LogP contribution in [0.5, 0.6) is 0 Å². The fourth-order valence-electron chi connectivity index (χ4n) is 3.25. The molecule has 114 valence electrons. The first-order chi connectivity index (χ1) is 9.07. The van der Waals surface area contributed by atoms with E-state index in [9.17, 15) is 0 Å². The second-order valence-corrected chi connectivity index (χ2v) is 7.15.